The van der Waals surface area contributed by atoms with Crippen LogP contribution in [0.3, 0.4) is 0 Å². The molecule has 3 saturated carbocycles. The zero-order chi connectivity index (χ0) is 21.8. The highest BCUT2D eigenvalue weighted by atomic mass is 16.3. The quantitative estimate of drug-likeness (QED) is 0.545. The van der Waals surface area contributed by atoms with Crippen LogP contribution in [0.15, 0.2) is 12.2 Å². The average Bonchev–Trinajstić information content (AvgIpc) is 3.06. The van der Waals surface area contributed by atoms with Crippen LogP contribution in [-0.2, 0) is 4.79 Å². The van der Waals surface area contributed by atoms with Crippen molar-refractivity contribution in [2.45, 2.75) is 99.0 Å². The van der Waals surface area contributed by atoms with Crippen LogP contribution in [0.4, 0.5) is 0 Å². The van der Waals surface area contributed by atoms with E-state index in [1.165, 1.54) is 38.5 Å². The lowest BCUT2D eigenvalue weighted by Crippen LogP contribution is -2.58. The van der Waals surface area contributed by atoms with Crippen molar-refractivity contribution < 1.29 is 9.90 Å². The number of carbonyl (C=O) groups excluding carboxylic acids is 1. The molecule has 4 rings (SSSR count). The van der Waals surface area contributed by atoms with Gasteiger partial charge in [0.15, 0.2) is 5.78 Å². The smallest absolute Gasteiger partial charge is 0.155 e. The molecule has 0 aliphatic heterocycles. The van der Waals surface area contributed by atoms with Crippen LogP contribution >= 0.6 is 0 Å². The molecule has 2 nitrogen and oxygen atoms in total. The van der Waals surface area contributed by atoms with E-state index in [0.29, 0.717) is 35.4 Å². The van der Waals surface area contributed by atoms with Gasteiger partial charge in [-0.2, -0.15) is 0 Å². The Morgan fingerprint density at radius 1 is 1.03 bits per heavy atom. The van der Waals surface area contributed by atoms with Crippen molar-refractivity contribution in [2.24, 2.45) is 58.2 Å². The minimum Gasteiger partial charge on any atom is -0.393 e. The molecule has 0 saturated heterocycles. The summed E-state index contributed by atoms with van der Waals surface area (Å²) in [5.74, 6) is 5.63. The van der Waals surface area contributed by atoms with Crippen LogP contribution in [0.5, 0.6) is 0 Å². The molecule has 1 N–H and O–H groups in total. The van der Waals surface area contributed by atoms with Crippen molar-refractivity contribution in [3.8, 4) is 0 Å². The molecule has 0 spiro atoms. The molecule has 0 aromatic carbocycles. The molecule has 0 heterocycles. The van der Waals surface area contributed by atoms with Crippen LogP contribution in [-0.4, -0.2) is 17.0 Å². The number of allylic oxidation sites excluding steroid dienone is 2. The highest BCUT2D eigenvalue weighted by Crippen LogP contribution is 2.67. The molecule has 4 aliphatic carbocycles. The first kappa shape index (κ1) is 22.6. The van der Waals surface area contributed by atoms with Crippen LogP contribution in [0.1, 0.15) is 92.9 Å². The van der Waals surface area contributed by atoms with E-state index in [0.717, 1.165) is 30.6 Å². The zero-order valence-electron chi connectivity index (χ0n) is 20.4. The first-order valence-electron chi connectivity index (χ1n) is 13.0. The Morgan fingerprint density at radius 2 is 1.77 bits per heavy atom. The van der Waals surface area contributed by atoms with E-state index in [1.54, 1.807) is 0 Å². The van der Waals surface area contributed by atoms with E-state index in [1.807, 2.05) is 6.08 Å². The van der Waals surface area contributed by atoms with Crippen molar-refractivity contribution in [2.75, 3.05) is 0 Å². The maximum absolute atomic E-state index is 12.1. The SMILES string of the molecule is CC(C)[C@@H](C)CC[C@@H](C)[C@H]1CC[C@H]2[C@@H]3CCC4CC(=O)C=C[C@]4(C)[C@H]3CC(O)[C@]12C. The lowest BCUT2D eigenvalue weighted by atomic mass is 9.45. The first-order valence-corrected chi connectivity index (χ1v) is 13.0. The molecule has 170 valence electrons. The molecule has 0 aromatic heterocycles. The molecular weight excluding hydrogens is 368 g/mol. The van der Waals surface area contributed by atoms with Gasteiger partial charge in [-0.05, 0) is 96.4 Å². The number of aliphatic hydroxyl groups excluding tert-OH is 1. The average molecular weight is 415 g/mol. The first-order chi connectivity index (χ1) is 14.1. The van der Waals surface area contributed by atoms with E-state index in [9.17, 15) is 9.90 Å². The fourth-order valence-electron chi connectivity index (χ4n) is 8.62. The number of rotatable bonds is 5. The number of hydrogen-bond acceptors (Lipinski definition) is 2. The fraction of sp³-hybridized carbons (Fsp3) is 0.893. The van der Waals surface area contributed by atoms with Gasteiger partial charge in [-0.1, -0.05) is 60.5 Å². The maximum Gasteiger partial charge on any atom is 0.155 e. The summed E-state index contributed by atoms with van der Waals surface area (Å²) < 4.78 is 0. The van der Waals surface area contributed by atoms with Gasteiger partial charge in [0, 0.05) is 6.42 Å². The lowest BCUT2D eigenvalue weighted by Gasteiger charge is -2.60. The van der Waals surface area contributed by atoms with E-state index < -0.39 is 0 Å². The fourth-order valence-corrected chi connectivity index (χ4v) is 8.62. The number of aliphatic hydroxyl groups is 1. The zero-order valence-corrected chi connectivity index (χ0v) is 20.4. The summed E-state index contributed by atoms with van der Waals surface area (Å²) in [5.41, 5.74) is 0.189. The summed E-state index contributed by atoms with van der Waals surface area (Å²) in [6.07, 6.45) is 13.3. The standard InChI is InChI=1S/C28H46O2/c1-17(2)18(3)7-8-19(4)23-11-12-24-22-10-9-20-15-21(29)13-14-27(20,5)25(22)16-26(30)28(23,24)6/h13-14,17-20,22-26,30H,7-12,15-16H2,1-6H3/t18-,19+,20?,22-,23+,24-,25-,26?,27-,28+/m0/s1. The van der Waals surface area contributed by atoms with Crippen LogP contribution < -0.4 is 0 Å². The van der Waals surface area contributed by atoms with Gasteiger partial charge in [-0.15, -0.1) is 0 Å². The molecule has 0 radical (unpaired) electrons. The van der Waals surface area contributed by atoms with Crippen molar-refractivity contribution in [3.05, 3.63) is 12.2 Å². The molecule has 2 heteroatoms. The summed E-state index contributed by atoms with van der Waals surface area (Å²) in [6.45, 7) is 14.4. The topological polar surface area (TPSA) is 37.3 Å². The number of carbonyl (C=O) groups is 1. The van der Waals surface area contributed by atoms with Crippen molar-refractivity contribution >= 4 is 5.78 Å². The van der Waals surface area contributed by atoms with E-state index >= 15 is 0 Å². The highest BCUT2D eigenvalue weighted by molar-refractivity contribution is 5.91. The lowest BCUT2D eigenvalue weighted by molar-refractivity contribution is -0.154. The highest BCUT2D eigenvalue weighted by Gasteiger charge is 2.63. The Bertz CT molecular complexity index is 680. The van der Waals surface area contributed by atoms with Crippen molar-refractivity contribution in [3.63, 3.8) is 0 Å². The maximum atomic E-state index is 12.1. The van der Waals surface area contributed by atoms with Gasteiger partial charge in [-0.25, -0.2) is 0 Å². The minimum absolute atomic E-state index is 0.0824. The Hall–Kier alpha value is -0.630. The summed E-state index contributed by atoms with van der Waals surface area (Å²) in [7, 11) is 0. The number of hydrogen-bond donors (Lipinski definition) is 1. The number of fused-ring (bicyclic) bond motifs is 5. The minimum atomic E-state index is -0.192. The van der Waals surface area contributed by atoms with E-state index in [4.69, 9.17) is 0 Å². The number of ketones is 1. The second kappa shape index (κ2) is 8.05. The predicted octanol–water partition coefficient (Wildman–Crippen LogP) is 6.67. The molecule has 0 amide bonds. The molecule has 3 fully saturated rings. The molecule has 30 heavy (non-hydrogen) atoms. The second-order valence-corrected chi connectivity index (χ2v) is 12.6. The molecule has 0 bridgehead atoms. The van der Waals surface area contributed by atoms with Gasteiger partial charge in [0.2, 0.25) is 0 Å². The largest absolute Gasteiger partial charge is 0.393 e. The normalized spacial score (nSPS) is 47.5. The summed E-state index contributed by atoms with van der Waals surface area (Å²) in [5, 5.41) is 11.6. The summed E-state index contributed by atoms with van der Waals surface area (Å²) in [6, 6.07) is 0. The molecule has 0 aromatic rings. The van der Waals surface area contributed by atoms with Crippen LogP contribution in [0.2, 0.25) is 0 Å². The van der Waals surface area contributed by atoms with E-state index in [2.05, 4.69) is 47.6 Å². The van der Waals surface area contributed by atoms with Crippen molar-refractivity contribution in [1.82, 2.24) is 0 Å². The van der Waals surface area contributed by atoms with E-state index in [-0.39, 0.29) is 16.9 Å². The molecule has 10 atom stereocenters. The predicted molar refractivity (Wildman–Crippen MR) is 124 cm³/mol. The van der Waals surface area contributed by atoms with Crippen LogP contribution in [0, 0.1) is 58.2 Å². The second-order valence-electron chi connectivity index (χ2n) is 12.6. The van der Waals surface area contributed by atoms with Gasteiger partial charge < -0.3 is 5.11 Å². The Balaban J connectivity index is 1.54. The van der Waals surface area contributed by atoms with Gasteiger partial charge >= 0.3 is 0 Å². The van der Waals surface area contributed by atoms with Gasteiger partial charge in [-0.3, -0.25) is 4.79 Å². The molecule has 2 unspecified atom stereocenters. The third kappa shape index (κ3) is 3.44. The van der Waals surface area contributed by atoms with Crippen LogP contribution in [0.25, 0.3) is 0 Å². The van der Waals surface area contributed by atoms with Gasteiger partial charge in [0.1, 0.15) is 0 Å². The Kier molecular flexibility index (Phi) is 6.06. The summed E-state index contributed by atoms with van der Waals surface area (Å²) in [4.78, 5) is 12.1. The summed E-state index contributed by atoms with van der Waals surface area (Å²) >= 11 is 0. The van der Waals surface area contributed by atoms with Gasteiger partial charge in [0.25, 0.3) is 0 Å². The molecular formula is C28H46O2. The third-order valence-electron chi connectivity index (χ3n) is 11.1. The Morgan fingerprint density at radius 3 is 2.47 bits per heavy atom. The third-order valence-corrected chi connectivity index (χ3v) is 11.1. The molecule has 4 aliphatic rings. The monoisotopic (exact) mass is 414 g/mol. The van der Waals surface area contributed by atoms with Crippen molar-refractivity contribution in [1.29, 1.82) is 0 Å². The van der Waals surface area contributed by atoms with Gasteiger partial charge in [0.05, 0.1) is 6.10 Å². The Labute approximate surface area is 185 Å².